The van der Waals surface area contributed by atoms with E-state index in [1.807, 2.05) is 38.1 Å². The van der Waals surface area contributed by atoms with Crippen molar-refractivity contribution in [3.63, 3.8) is 0 Å². The number of halogens is 4. The summed E-state index contributed by atoms with van der Waals surface area (Å²) < 4.78 is 41.8. The zero-order valence-corrected chi connectivity index (χ0v) is 20.9. The van der Waals surface area contributed by atoms with Crippen molar-refractivity contribution >= 4 is 29.2 Å². The molecule has 0 saturated heterocycles. The van der Waals surface area contributed by atoms with Gasteiger partial charge in [0.05, 0.1) is 11.1 Å². The normalized spacial score (nSPS) is 13.1. The van der Waals surface area contributed by atoms with Gasteiger partial charge in [-0.25, -0.2) is 4.79 Å². The van der Waals surface area contributed by atoms with E-state index < -0.39 is 35.2 Å². The van der Waals surface area contributed by atoms with E-state index in [0.29, 0.717) is 16.3 Å². The molecule has 9 heteroatoms. The van der Waals surface area contributed by atoms with Crippen LogP contribution in [-0.2, 0) is 11.0 Å². The van der Waals surface area contributed by atoms with Crippen LogP contribution in [0.3, 0.4) is 0 Å². The standard InChI is InChI=1S/C27H26ClF3N2O3/c1-15-12-18(9-11-24(15)28)16(2)32-21-7-5-6-19(13-21)20-8-10-22(23(14-20)27(29,30)31)25(34)33(4)17(3)26(35)36/h5-14,16-17,32H,1-4H3,(H,35,36)/t16?,17-/m0/s1. The van der Waals surface area contributed by atoms with Crippen molar-refractivity contribution in [3.05, 3.63) is 87.9 Å². The Kier molecular flexibility index (Phi) is 7.99. The van der Waals surface area contributed by atoms with Crippen LogP contribution in [0.2, 0.25) is 5.02 Å². The maximum absolute atomic E-state index is 13.9. The van der Waals surface area contributed by atoms with Crippen molar-refractivity contribution in [2.75, 3.05) is 12.4 Å². The molecule has 0 heterocycles. The van der Waals surface area contributed by atoms with Gasteiger partial charge in [-0.15, -0.1) is 0 Å². The van der Waals surface area contributed by atoms with Gasteiger partial charge in [-0.3, -0.25) is 4.79 Å². The maximum atomic E-state index is 13.9. The molecule has 0 spiro atoms. The van der Waals surface area contributed by atoms with Crippen molar-refractivity contribution < 1.29 is 27.9 Å². The van der Waals surface area contributed by atoms with Gasteiger partial charge in [0.15, 0.2) is 0 Å². The smallest absolute Gasteiger partial charge is 0.417 e. The van der Waals surface area contributed by atoms with Crippen LogP contribution in [0, 0.1) is 6.92 Å². The zero-order valence-electron chi connectivity index (χ0n) is 20.2. The fourth-order valence-electron chi connectivity index (χ4n) is 3.74. The number of aryl methyl sites for hydroxylation is 1. The van der Waals surface area contributed by atoms with E-state index >= 15 is 0 Å². The number of hydrogen-bond donors (Lipinski definition) is 2. The molecular formula is C27H26ClF3N2O3. The number of amides is 1. The van der Waals surface area contributed by atoms with Crippen LogP contribution in [0.4, 0.5) is 18.9 Å². The van der Waals surface area contributed by atoms with E-state index in [4.69, 9.17) is 16.7 Å². The van der Waals surface area contributed by atoms with Gasteiger partial charge < -0.3 is 15.3 Å². The third-order valence-electron chi connectivity index (χ3n) is 6.08. The monoisotopic (exact) mass is 518 g/mol. The van der Waals surface area contributed by atoms with Crippen LogP contribution in [0.5, 0.6) is 0 Å². The molecule has 3 rings (SSSR count). The van der Waals surface area contributed by atoms with Crippen LogP contribution in [0.15, 0.2) is 60.7 Å². The summed E-state index contributed by atoms with van der Waals surface area (Å²) in [6.45, 7) is 5.10. The lowest BCUT2D eigenvalue weighted by molar-refractivity contribution is -0.141. The number of benzene rings is 3. The van der Waals surface area contributed by atoms with Gasteiger partial charge in [0.2, 0.25) is 0 Å². The maximum Gasteiger partial charge on any atom is 0.417 e. The average molecular weight is 519 g/mol. The minimum absolute atomic E-state index is 0.0892. The lowest BCUT2D eigenvalue weighted by Gasteiger charge is -2.23. The van der Waals surface area contributed by atoms with Crippen LogP contribution in [-0.4, -0.2) is 35.0 Å². The molecule has 0 aliphatic rings. The second-order valence-corrected chi connectivity index (χ2v) is 9.05. The van der Waals surface area contributed by atoms with Gasteiger partial charge in [0, 0.05) is 23.8 Å². The van der Waals surface area contributed by atoms with Crippen molar-refractivity contribution in [1.82, 2.24) is 4.90 Å². The van der Waals surface area contributed by atoms with E-state index in [9.17, 15) is 22.8 Å². The van der Waals surface area contributed by atoms with Crippen molar-refractivity contribution in [3.8, 4) is 11.1 Å². The highest BCUT2D eigenvalue weighted by molar-refractivity contribution is 6.31. The second kappa shape index (κ2) is 10.6. The van der Waals surface area contributed by atoms with E-state index in [1.54, 1.807) is 18.2 Å². The van der Waals surface area contributed by atoms with Gasteiger partial charge in [-0.2, -0.15) is 13.2 Å². The minimum Gasteiger partial charge on any atom is -0.480 e. The number of nitrogens with zero attached hydrogens (tertiary/aromatic N) is 1. The molecule has 2 N–H and O–H groups in total. The predicted octanol–water partition coefficient (Wildman–Crippen LogP) is 7.05. The summed E-state index contributed by atoms with van der Waals surface area (Å²) in [5, 5.41) is 13.1. The number of carbonyl (C=O) groups excluding carboxylic acids is 1. The third kappa shape index (κ3) is 5.99. The SMILES string of the molecule is Cc1cc(C(C)Nc2cccc(-c3ccc(C(=O)N(C)[C@@H](C)C(=O)O)c(C(F)(F)F)c3)c2)ccc1Cl. The molecule has 0 aliphatic carbocycles. The first-order chi connectivity index (χ1) is 16.8. The number of anilines is 1. The van der Waals surface area contributed by atoms with Gasteiger partial charge in [-0.05, 0) is 73.4 Å². The fraction of sp³-hybridized carbons (Fsp3) is 0.259. The molecule has 0 bridgehead atoms. The molecule has 0 radical (unpaired) electrons. The number of likely N-dealkylation sites (N-methyl/N-ethyl adjacent to an activating group) is 1. The molecular weight excluding hydrogens is 493 g/mol. The number of aliphatic carboxylic acids is 1. The summed E-state index contributed by atoms with van der Waals surface area (Å²) in [7, 11) is 1.16. The third-order valence-corrected chi connectivity index (χ3v) is 6.50. The Morgan fingerprint density at radius 1 is 1.00 bits per heavy atom. The van der Waals surface area contributed by atoms with Crippen molar-refractivity contribution in [1.29, 1.82) is 0 Å². The highest BCUT2D eigenvalue weighted by Gasteiger charge is 2.37. The number of alkyl halides is 3. The molecule has 2 atom stereocenters. The van der Waals surface area contributed by atoms with Gasteiger partial charge in [0.1, 0.15) is 6.04 Å². The predicted molar refractivity (Wildman–Crippen MR) is 134 cm³/mol. The van der Waals surface area contributed by atoms with E-state index in [2.05, 4.69) is 5.32 Å². The lowest BCUT2D eigenvalue weighted by Crippen LogP contribution is -2.40. The Morgan fingerprint density at radius 3 is 2.28 bits per heavy atom. The van der Waals surface area contributed by atoms with Crippen LogP contribution in [0.25, 0.3) is 11.1 Å². The molecule has 0 aliphatic heterocycles. The molecule has 0 fully saturated rings. The van der Waals surface area contributed by atoms with Gasteiger partial charge >= 0.3 is 12.1 Å². The number of carboxylic acids is 1. The Morgan fingerprint density at radius 2 is 1.67 bits per heavy atom. The molecule has 3 aromatic rings. The van der Waals surface area contributed by atoms with E-state index in [-0.39, 0.29) is 11.6 Å². The number of nitrogens with one attached hydrogen (secondary N) is 1. The largest absolute Gasteiger partial charge is 0.480 e. The average Bonchev–Trinajstić information content (AvgIpc) is 2.83. The summed E-state index contributed by atoms with van der Waals surface area (Å²) in [6, 6.07) is 14.7. The number of rotatable bonds is 7. The molecule has 5 nitrogen and oxygen atoms in total. The number of hydrogen-bond acceptors (Lipinski definition) is 3. The number of carboxylic acid groups (broad SMARTS) is 1. The molecule has 3 aromatic carbocycles. The van der Waals surface area contributed by atoms with Crippen LogP contribution < -0.4 is 5.32 Å². The molecule has 36 heavy (non-hydrogen) atoms. The van der Waals surface area contributed by atoms with Gasteiger partial charge in [-0.1, -0.05) is 41.9 Å². The first kappa shape index (κ1) is 27.1. The van der Waals surface area contributed by atoms with E-state index in [0.717, 1.165) is 35.2 Å². The Bertz CT molecular complexity index is 1290. The summed E-state index contributed by atoms with van der Waals surface area (Å²) >= 11 is 6.11. The first-order valence-electron chi connectivity index (χ1n) is 11.1. The van der Waals surface area contributed by atoms with Crippen molar-refractivity contribution in [2.45, 2.75) is 39.0 Å². The lowest BCUT2D eigenvalue weighted by atomic mass is 9.97. The van der Waals surface area contributed by atoms with E-state index in [1.165, 1.54) is 13.0 Å². The second-order valence-electron chi connectivity index (χ2n) is 8.64. The molecule has 1 amide bonds. The topological polar surface area (TPSA) is 69.6 Å². The molecule has 0 saturated carbocycles. The first-order valence-corrected chi connectivity index (χ1v) is 11.5. The fourth-order valence-corrected chi connectivity index (χ4v) is 3.85. The minimum atomic E-state index is -4.81. The quantitative estimate of drug-likeness (QED) is 0.351. The Labute approximate surface area is 212 Å². The summed E-state index contributed by atoms with van der Waals surface area (Å²) in [5.74, 6) is -2.34. The number of carbonyl (C=O) groups is 2. The summed E-state index contributed by atoms with van der Waals surface area (Å²) in [4.78, 5) is 24.7. The highest BCUT2D eigenvalue weighted by atomic mass is 35.5. The Balaban J connectivity index is 1.94. The molecule has 1 unspecified atom stereocenters. The molecule has 0 aromatic heterocycles. The zero-order chi connectivity index (χ0) is 26.8. The van der Waals surface area contributed by atoms with Crippen molar-refractivity contribution in [2.24, 2.45) is 0 Å². The summed E-state index contributed by atoms with van der Waals surface area (Å²) in [6.07, 6.45) is -4.81. The summed E-state index contributed by atoms with van der Waals surface area (Å²) in [5.41, 5.74) is 1.71. The van der Waals surface area contributed by atoms with Crippen LogP contribution >= 0.6 is 11.6 Å². The van der Waals surface area contributed by atoms with Gasteiger partial charge in [0.25, 0.3) is 5.91 Å². The van der Waals surface area contributed by atoms with Crippen LogP contribution in [0.1, 0.15) is 46.9 Å². The molecule has 190 valence electrons. The Hall–Kier alpha value is -3.52. The highest BCUT2D eigenvalue weighted by Crippen LogP contribution is 2.36.